The Hall–Kier alpha value is -1.36. The van der Waals surface area contributed by atoms with Crippen molar-refractivity contribution >= 4 is 0 Å². The summed E-state index contributed by atoms with van der Waals surface area (Å²) in [5, 5.41) is 13.2. The third kappa shape index (κ3) is 2.72. The van der Waals surface area contributed by atoms with Gasteiger partial charge in [-0.1, -0.05) is 0 Å². The summed E-state index contributed by atoms with van der Waals surface area (Å²) >= 11 is 0. The molecule has 0 amide bonds. The van der Waals surface area contributed by atoms with E-state index in [1.165, 1.54) is 13.2 Å². The molecule has 1 aliphatic rings. The molecule has 2 rings (SSSR count). The Kier molecular flexibility index (Phi) is 4.01. The fraction of sp³-hybridized carbons (Fsp3) is 0.538. The first-order valence-electron chi connectivity index (χ1n) is 6.03. The number of benzene rings is 1. The van der Waals surface area contributed by atoms with Gasteiger partial charge in [-0.15, -0.1) is 0 Å². The van der Waals surface area contributed by atoms with Crippen molar-refractivity contribution < 1.29 is 18.6 Å². The van der Waals surface area contributed by atoms with Gasteiger partial charge in [0.25, 0.3) is 6.43 Å². The van der Waals surface area contributed by atoms with Crippen LogP contribution in [0.2, 0.25) is 0 Å². The molecule has 1 heterocycles. The third-order valence-corrected chi connectivity index (χ3v) is 3.29. The van der Waals surface area contributed by atoms with Crippen LogP contribution in [0, 0.1) is 0 Å². The molecule has 1 unspecified atom stereocenters. The number of hydrogen-bond donors (Lipinski definition) is 2. The highest BCUT2D eigenvalue weighted by molar-refractivity contribution is 5.47. The molecular weight excluding hydrogens is 240 g/mol. The number of alkyl halides is 2. The molecule has 1 atom stereocenters. The highest BCUT2D eigenvalue weighted by Gasteiger charge is 2.21. The van der Waals surface area contributed by atoms with Gasteiger partial charge < -0.3 is 15.2 Å². The monoisotopic (exact) mass is 257 g/mol. The molecule has 100 valence electrons. The Morgan fingerprint density at radius 3 is 2.83 bits per heavy atom. The fourth-order valence-electron chi connectivity index (χ4n) is 2.32. The van der Waals surface area contributed by atoms with E-state index in [9.17, 15) is 13.9 Å². The summed E-state index contributed by atoms with van der Waals surface area (Å²) in [6.45, 7) is 0.942. The van der Waals surface area contributed by atoms with Crippen molar-refractivity contribution in [3.8, 4) is 11.5 Å². The molecule has 2 N–H and O–H groups in total. The molecular formula is C13H17F2NO2. The van der Waals surface area contributed by atoms with Crippen molar-refractivity contribution in [1.29, 1.82) is 0 Å². The molecule has 1 saturated heterocycles. The van der Waals surface area contributed by atoms with Crippen LogP contribution < -0.4 is 10.1 Å². The lowest BCUT2D eigenvalue weighted by molar-refractivity contribution is 0.146. The number of rotatable bonds is 4. The van der Waals surface area contributed by atoms with Crippen LogP contribution >= 0.6 is 0 Å². The smallest absolute Gasteiger partial charge is 0.267 e. The summed E-state index contributed by atoms with van der Waals surface area (Å²) in [5.74, 6) is 0.0515. The largest absolute Gasteiger partial charge is 0.507 e. The molecule has 3 nitrogen and oxygen atoms in total. The normalized spacial score (nSPS) is 19.4. The lowest BCUT2D eigenvalue weighted by atomic mass is 10.0. The van der Waals surface area contributed by atoms with Gasteiger partial charge in [0, 0.05) is 6.04 Å². The van der Waals surface area contributed by atoms with Crippen LogP contribution in [0.15, 0.2) is 12.1 Å². The SMILES string of the molecule is COc1cc(CC2CCCN2)c(O)c(C(F)F)c1. The molecule has 0 saturated carbocycles. The summed E-state index contributed by atoms with van der Waals surface area (Å²) in [4.78, 5) is 0. The maximum Gasteiger partial charge on any atom is 0.267 e. The zero-order valence-electron chi connectivity index (χ0n) is 10.2. The second kappa shape index (κ2) is 5.52. The van der Waals surface area contributed by atoms with E-state index in [1.54, 1.807) is 6.07 Å². The summed E-state index contributed by atoms with van der Waals surface area (Å²) in [6.07, 6.45) is -0.0732. The number of ether oxygens (including phenoxy) is 1. The highest BCUT2D eigenvalue weighted by atomic mass is 19.3. The van der Waals surface area contributed by atoms with E-state index >= 15 is 0 Å². The van der Waals surface area contributed by atoms with Gasteiger partial charge >= 0.3 is 0 Å². The average Bonchev–Trinajstić information content (AvgIpc) is 2.84. The van der Waals surface area contributed by atoms with E-state index in [1.807, 2.05) is 0 Å². The molecule has 0 spiro atoms. The Morgan fingerprint density at radius 2 is 2.28 bits per heavy atom. The molecule has 1 aromatic carbocycles. The lowest BCUT2D eigenvalue weighted by Crippen LogP contribution is -2.23. The first-order chi connectivity index (χ1) is 8.61. The van der Waals surface area contributed by atoms with Gasteiger partial charge in [-0.05, 0) is 43.5 Å². The van der Waals surface area contributed by atoms with Crippen LogP contribution in [0.5, 0.6) is 11.5 Å². The molecule has 0 aromatic heterocycles. The zero-order chi connectivity index (χ0) is 13.1. The first-order valence-corrected chi connectivity index (χ1v) is 6.03. The standard InChI is InChI=1S/C13H17F2NO2/c1-18-10-6-8(5-9-3-2-4-16-9)12(17)11(7-10)13(14)15/h6-7,9,13,16-17H,2-5H2,1H3. The Morgan fingerprint density at radius 1 is 1.50 bits per heavy atom. The summed E-state index contributed by atoms with van der Waals surface area (Å²) < 4.78 is 30.6. The van der Waals surface area contributed by atoms with E-state index in [-0.39, 0.29) is 17.4 Å². The van der Waals surface area contributed by atoms with Crippen molar-refractivity contribution in [3.63, 3.8) is 0 Å². The van der Waals surface area contributed by atoms with Crippen LogP contribution in [0.1, 0.15) is 30.4 Å². The molecule has 1 aromatic rings. The zero-order valence-corrected chi connectivity index (χ0v) is 10.2. The first kappa shape index (κ1) is 13.1. The molecule has 0 bridgehead atoms. The molecule has 0 aliphatic carbocycles. The summed E-state index contributed by atoms with van der Waals surface area (Å²) in [6, 6.07) is 3.06. The van der Waals surface area contributed by atoms with Crippen molar-refractivity contribution in [3.05, 3.63) is 23.3 Å². The predicted molar refractivity (Wildman–Crippen MR) is 64.3 cm³/mol. The Labute approximate surface area is 105 Å². The quantitative estimate of drug-likeness (QED) is 0.871. The van der Waals surface area contributed by atoms with Crippen LogP contribution in [-0.2, 0) is 6.42 Å². The molecule has 18 heavy (non-hydrogen) atoms. The second-order valence-electron chi connectivity index (χ2n) is 4.52. The topological polar surface area (TPSA) is 41.5 Å². The van der Waals surface area contributed by atoms with Gasteiger partial charge in [-0.25, -0.2) is 8.78 Å². The maximum absolute atomic E-state index is 12.8. The lowest BCUT2D eigenvalue weighted by Gasteiger charge is -2.15. The Balaban J connectivity index is 2.29. The van der Waals surface area contributed by atoms with E-state index in [0.29, 0.717) is 17.7 Å². The van der Waals surface area contributed by atoms with E-state index in [4.69, 9.17) is 4.74 Å². The minimum atomic E-state index is -2.70. The number of hydrogen-bond acceptors (Lipinski definition) is 3. The minimum Gasteiger partial charge on any atom is -0.507 e. The van der Waals surface area contributed by atoms with Crippen LogP contribution in [0.3, 0.4) is 0 Å². The summed E-state index contributed by atoms with van der Waals surface area (Å²) in [7, 11) is 1.43. The second-order valence-corrected chi connectivity index (χ2v) is 4.52. The van der Waals surface area contributed by atoms with Crippen molar-refractivity contribution in [1.82, 2.24) is 5.32 Å². The predicted octanol–water partition coefficient (Wildman–Crippen LogP) is 2.63. The Bertz CT molecular complexity index is 418. The number of nitrogens with one attached hydrogen (secondary N) is 1. The number of halogens is 2. The van der Waals surface area contributed by atoms with Gasteiger partial charge in [-0.3, -0.25) is 0 Å². The number of phenols is 1. The van der Waals surface area contributed by atoms with E-state index in [0.717, 1.165) is 19.4 Å². The van der Waals surface area contributed by atoms with Gasteiger partial charge in [0.1, 0.15) is 11.5 Å². The number of phenolic OH excluding ortho intramolecular Hbond substituents is 1. The highest BCUT2D eigenvalue weighted by Crippen LogP contribution is 2.36. The van der Waals surface area contributed by atoms with E-state index < -0.39 is 6.43 Å². The fourth-order valence-corrected chi connectivity index (χ4v) is 2.32. The maximum atomic E-state index is 12.8. The van der Waals surface area contributed by atoms with Crippen molar-refractivity contribution in [2.75, 3.05) is 13.7 Å². The average molecular weight is 257 g/mol. The number of methoxy groups -OCH3 is 1. The minimum absolute atomic E-state index is 0.244. The van der Waals surface area contributed by atoms with Gasteiger partial charge in [0.15, 0.2) is 0 Å². The van der Waals surface area contributed by atoms with Crippen molar-refractivity contribution in [2.45, 2.75) is 31.7 Å². The number of aromatic hydroxyl groups is 1. The van der Waals surface area contributed by atoms with Crippen LogP contribution in [-0.4, -0.2) is 24.8 Å². The van der Waals surface area contributed by atoms with Crippen molar-refractivity contribution in [2.24, 2.45) is 0 Å². The van der Waals surface area contributed by atoms with Crippen LogP contribution in [0.4, 0.5) is 8.78 Å². The van der Waals surface area contributed by atoms with Crippen LogP contribution in [0.25, 0.3) is 0 Å². The third-order valence-electron chi connectivity index (χ3n) is 3.29. The van der Waals surface area contributed by atoms with Gasteiger partial charge in [-0.2, -0.15) is 0 Å². The van der Waals surface area contributed by atoms with Gasteiger partial charge in [0.2, 0.25) is 0 Å². The summed E-state index contributed by atoms with van der Waals surface area (Å²) in [5.41, 5.74) is 0.159. The molecule has 1 aliphatic heterocycles. The van der Waals surface area contributed by atoms with E-state index in [2.05, 4.69) is 5.32 Å². The molecule has 0 radical (unpaired) electrons. The van der Waals surface area contributed by atoms with Gasteiger partial charge in [0.05, 0.1) is 12.7 Å². The molecule has 1 fully saturated rings. The molecule has 5 heteroatoms.